The van der Waals surface area contributed by atoms with Gasteiger partial charge in [0.15, 0.2) is 0 Å². The van der Waals surface area contributed by atoms with Crippen LogP contribution in [-0.4, -0.2) is 36.0 Å². The van der Waals surface area contributed by atoms with E-state index in [2.05, 4.69) is 42.0 Å². The first-order chi connectivity index (χ1) is 17.3. The van der Waals surface area contributed by atoms with Crippen molar-refractivity contribution in [3.8, 4) is 0 Å². The molecule has 0 amide bonds. The van der Waals surface area contributed by atoms with Gasteiger partial charge >= 0.3 is 0 Å². The second-order valence-corrected chi connectivity index (χ2v) is 13.9. The molecule has 2 aliphatic heterocycles. The minimum absolute atomic E-state index is 0.172. The molecule has 3 atom stereocenters. The Bertz CT molecular complexity index is 1270. The van der Waals surface area contributed by atoms with E-state index in [1.54, 1.807) is 22.3 Å². The number of hydrogen-bond donors (Lipinski definition) is 2. The van der Waals surface area contributed by atoms with Crippen molar-refractivity contribution in [3.05, 3.63) is 57.1 Å². The Morgan fingerprint density at radius 3 is 2.50 bits per heavy atom. The van der Waals surface area contributed by atoms with Crippen molar-refractivity contribution in [2.24, 2.45) is 5.92 Å². The minimum Gasteiger partial charge on any atom is -0.399 e. The van der Waals surface area contributed by atoms with E-state index in [0.717, 1.165) is 42.8 Å². The van der Waals surface area contributed by atoms with Crippen LogP contribution in [0.3, 0.4) is 0 Å². The molecule has 0 radical (unpaired) electrons. The highest BCUT2D eigenvalue weighted by atomic mass is 15.2. The van der Waals surface area contributed by atoms with Gasteiger partial charge in [0.25, 0.3) is 0 Å². The summed E-state index contributed by atoms with van der Waals surface area (Å²) in [6.45, 7) is 7.12. The van der Waals surface area contributed by atoms with Gasteiger partial charge in [-0.05, 0) is 134 Å². The van der Waals surface area contributed by atoms with Crippen LogP contribution in [0.2, 0.25) is 0 Å². The van der Waals surface area contributed by atoms with E-state index >= 15 is 0 Å². The van der Waals surface area contributed by atoms with E-state index < -0.39 is 0 Å². The summed E-state index contributed by atoms with van der Waals surface area (Å²) in [4.78, 5) is 5.39. The van der Waals surface area contributed by atoms with Crippen LogP contribution in [0.5, 0.6) is 0 Å². The molecule has 4 aliphatic carbocycles. The maximum Gasteiger partial charge on any atom is 0.0355 e. The van der Waals surface area contributed by atoms with E-state index in [9.17, 15) is 0 Å². The Kier molecular flexibility index (Phi) is 4.45. The first kappa shape index (κ1) is 22.0. The Morgan fingerprint density at radius 1 is 0.917 bits per heavy atom. The summed E-state index contributed by atoms with van der Waals surface area (Å²) in [5, 5.41) is 0. The monoisotopic (exact) mass is 482 g/mol. The smallest absolute Gasteiger partial charge is 0.0355 e. The summed E-state index contributed by atoms with van der Waals surface area (Å²) >= 11 is 0. The molecule has 4 N–H and O–H groups in total. The molecule has 4 heteroatoms. The SMILES string of the molecule is CN1Cc2c(C3Cc4cc(N)cc5c4C(C)(C3)CN(C3CC3)C5)c(N)cc3c2C(C2CC2)(CCC3)C1. The second-order valence-electron chi connectivity index (χ2n) is 13.9. The molecule has 190 valence electrons. The fourth-order valence-corrected chi connectivity index (χ4v) is 9.77. The zero-order chi connectivity index (χ0) is 24.4. The second kappa shape index (κ2) is 7.29. The highest BCUT2D eigenvalue weighted by Crippen LogP contribution is 2.59. The third-order valence-corrected chi connectivity index (χ3v) is 11.0. The number of aryl methyl sites for hydroxylation is 1. The van der Waals surface area contributed by atoms with E-state index in [-0.39, 0.29) is 5.41 Å². The van der Waals surface area contributed by atoms with Crippen LogP contribution in [0.15, 0.2) is 18.2 Å². The fraction of sp³-hybridized carbons (Fsp3) is 0.625. The zero-order valence-electron chi connectivity index (χ0n) is 22.2. The lowest BCUT2D eigenvalue weighted by atomic mass is 9.59. The molecule has 2 saturated carbocycles. The number of rotatable bonds is 3. The van der Waals surface area contributed by atoms with Gasteiger partial charge in [-0.15, -0.1) is 0 Å². The highest BCUT2D eigenvalue weighted by molar-refractivity contribution is 5.64. The minimum atomic E-state index is 0.172. The van der Waals surface area contributed by atoms with Crippen molar-refractivity contribution in [2.45, 2.75) is 101 Å². The Balaban J connectivity index is 1.29. The van der Waals surface area contributed by atoms with Crippen molar-refractivity contribution < 1.29 is 0 Å². The number of benzene rings is 2. The van der Waals surface area contributed by atoms with Crippen LogP contribution < -0.4 is 11.5 Å². The van der Waals surface area contributed by atoms with Crippen molar-refractivity contribution in [1.29, 1.82) is 0 Å². The molecule has 0 aromatic heterocycles. The van der Waals surface area contributed by atoms with Crippen molar-refractivity contribution in [3.63, 3.8) is 0 Å². The molecule has 2 heterocycles. The topological polar surface area (TPSA) is 58.5 Å². The summed E-state index contributed by atoms with van der Waals surface area (Å²) in [7, 11) is 2.35. The molecule has 2 aromatic carbocycles. The molecule has 0 spiro atoms. The summed E-state index contributed by atoms with van der Waals surface area (Å²) in [5.41, 5.74) is 27.2. The molecule has 2 fully saturated rings. The van der Waals surface area contributed by atoms with Crippen LogP contribution in [-0.2, 0) is 36.8 Å². The summed E-state index contributed by atoms with van der Waals surface area (Å²) < 4.78 is 0. The molecule has 2 aromatic rings. The lowest BCUT2D eigenvalue weighted by Crippen LogP contribution is -2.50. The molecule has 0 bridgehead atoms. The molecule has 6 aliphatic rings. The molecular formula is C32H42N4. The number of nitrogens with zero attached hydrogens (tertiary/aromatic N) is 2. The number of nitrogens with two attached hydrogens (primary N) is 2. The predicted molar refractivity (Wildman–Crippen MR) is 147 cm³/mol. The average molecular weight is 483 g/mol. The summed E-state index contributed by atoms with van der Waals surface area (Å²) in [5.74, 6) is 1.36. The molecule has 8 rings (SSSR count). The first-order valence-corrected chi connectivity index (χ1v) is 14.6. The van der Waals surface area contributed by atoms with Gasteiger partial charge in [-0.2, -0.15) is 0 Å². The van der Waals surface area contributed by atoms with E-state index in [1.807, 2.05) is 0 Å². The summed E-state index contributed by atoms with van der Waals surface area (Å²) in [6.07, 6.45) is 11.8. The van der Waals surface area contributed by atoms with Gasteiger partial charge in [-0.1, -0.05) is 6.92 Å². The zero-order valence-corrected chi connectivity index (χ0v) is 22.2. The van der Waals surface area contributed by atoms with Crippen molar-refractivity contribution >= 4 is 11.4 Å². The van der Waals surface area contributed by atoms with Crippen molar-refractivity contribution in [1.82, 2.24) is 9.80 Å². The van der Waals surface area contributed by atoms with Crippen molar-refractivity contribution in [2.75, 3.05) is 31.6 Å². The number of nitrogen functional groups attached to an aromatic ring is 2. The number of anilines is 2. The maximum atomic E-state index is 7.06. The Hall–Kier alpha value is -2.04. The van der Waals surface area contributed by atoms with Gasteiger partial charge in [-0.25, -0.2) is 0 Å². The maximum absolute atomic E-state index is 7.06. The van der Waals surface area contributed by atoms with Gasteiger partial charge in [0.1, 0.15) is 0 Å². The fourth-order valence-electron chi connectivity index (χ4n) is 9.77. The number of hydrogen-bond acceptors (Lipinski definition) is 4. The van der Waals surface area contributed by atoms with E-state index in [4.69, 9.17) is 11.5 Å². The molecule has 36 heavy (non-hydrogen) atoms. The predicted octanol–water partition coefficient (Wildman–Crippen LogP) is 5.25. The van der Waals surface area contributed by atoms with Crippen LogP contribution in [0.25, 0.3) is 0 Å². The quantitative estimate of drug-likeness (QED) is 0.587. The Morgan fingerprint density at radius 2 is 1.72 bits per heavy atom. The van der Waals surface area contributed by atoms with E-state index in [0.29, 0.717) is 11.3 Å². The standard InChI is InChI=1S/C32H42N4/c1-31-14-21(10-20-11-24(33)12-22(29(20)31)15-36(17-31)25-7-8-25)28-26-16-35(2)18-32(23-5-6-23)9-3-4-19(30(26)32)13-27(28)34/h11-13,21,23,25H,3-10,14-18,33-34H2,1-2H3. The number of likely N-dealkylation sites (N-methyl/N-ethyl adjacent to an activating group) is 1. The summed E-state index contributed by atoms with van der Waals surface area (Å²) in [6, 6.07) is 7.79. The molecule has 4 nitrogen and oxygen atoms in total. The molecular weight excluding hydrogens is 440 g/mol. The van der Waals surface area contributed by atoms with Gasteiger partial charge in [-0.3, -0.25) is 4.90 Å². The van der Waals surface area contributed by atoms with Gasteiger partial charge in [0, 0.05) is 54.4 Å². The molecule has 3 unspecified atom stereocenters. The van der Waals surface area contributed by atoms with Gasteiger partial charge < -0.3 is 16.4 Å². The van der Waals surface area contributed by atoms with Crippen LogP contribution in [0.4, 0.5) is 11.4 Å². The third kappa shape index (κ3) is 3.07. The largest absolute Gasteiger partial charge is 0.399 e. The lowest BCUT2D eigenvalue weighted by molar-refractivity contribution is 0.153. The van der Waals surface area contributed by atoms with Crippen LogP contribution in [0, 0.1) is 5.92 Å². The van der Waals surface area contributed by atoms with E-state index in [1.165, 1.54) is 81.1 Å². The van der Waals surface area contributed by atoms with Gasteiger partial charge in [0.2, 0.25) is 0 Å². The van der Waals surface area contributed by atoms with Crippen LogP contribution in [0.1, 0.15) is 96.7 Å². The average Bonchev–Trinajstić information content (AvgIpc) is 3.71. The molecule has 0 saturated heterocycles. The Labute approximate surface area is 216 Å². The van der Waals surface area contributed by atoms with Gasteiger partial charge in [0.05, 0.1) is 0 Å². The highest BCUT2D eigenvalue weighted by Gasteiger charge is 2.53. The third-order valence-electron chi connectivity index (χ3n) is 11.0. The first-order valence-electron chi connectivity index (χ1n) is 14.6. The van der Waals surface area contributed by atoms with Crippen LogP contribution >= 0.6 is 0 Å². The normalized spacial score (nSPS) is 33.8. The lowest BCUT2D eigenvalue weighted by Gasteiger charge is -2.51.